The third-order valence-electron chi connectivity index (χ3n) is 6.85. The Morgan fingerprint density at radius 1 is 1.08 bits per heavy atom. The number of imidazole rings is 1. The number of carbonyl (C=O) groups excluding carboxylic acids is 2. The number of amides is 2. The Bertz CT molecular complexity index is 1710. The second kappa shape index (κ2) is 9.24. The minimum absolute atomic E-state index is 0.139. The molecule has 0 bridgehead atoms. The van der Waals surface area contributed by atoms with Gasteiger partial charge in [-0.1, -0.05) is 24.3 Å². The van der Waals surface area contributed by atoms with Crippen molar-refractivity contribution in [2.24, 2.45) is 7.05 Å². The standard InChI is InChI=1S/C28H23FN6O3/c1-34-23(8-10-31-34)17-9-11-35-24(15-30-25(35)14-17)28(38)32-21-13-18(6-7-20(21)29)27(37)33-22-12-16-4-2-3-5-19(16)26(22)36/h2-11,13-15,22,26,36H,12H2,1H3,(H,32,38)(H,33,37)/t22-,26-/m1/s1. The van der Waals surface area contributed by atoms with E-state index in [1.54, 1.807) is 21.5 Å². The van der Waals surface area contributed by atoms with Crippen LogP contribution >= 0.6 is 0 Å². The molecule has 5 aromatic rings. The van der Waals surface area contributed by atoms with Crippen molar-refractivity contribution in [3.8, 4) is 11.3 Å². The smallest absolute Gasteiger partial charge is 0.274 e. The lowest BCUT2D eigenvalue weighted by Crippen LogP contribution is -2.37. The van der Waals surface area contributed by atoms with Crippen molar-refractivity contribution in [1.82, 2.24) is 24.5 Å². The van der Waals surface area contributed by atoms with E-state index < -0.39 is 29.8 Å². The van der Waals surface area contributed by atoms with E-state index in [4.69, 9.17) is 0 Å². The third kappa shape index (κ3) is 4.10. The van der Waals surface area contributed by atoms with E-state index in [-0.39, 0.29) is 16.9 Å². The van der Waals surface area contributed by atoms with Gasteiger partial charge in [0, 0.05) is 30.6 Å². The zero-order chi connectivity index (χ0) is 26.4. The lowest BCUT2D eigenvalue weighted by Gasteiger charge is -2.17. The van der Waals surface area contributed by atoms with Gasteiger partial charge in [-0.05, 0) is 53.9 Å². The highest BCUT2D eigenvalue weighted by molar-refractivity contribution is 6.04. The van der Waals surface area contributed by atoms with Crippen molar-refractivity contribution in [3.05, 3.63) is 107 Å². The van der Waals surface area contributed by atoms with Crippen molar-refractivity contribution in [2.75, 3.05) is 5.32 Å². The molecule has 0 unspecified atom stereocenters. The quantitative estimate of drug-likeness (QED) is 0.335. The molecule has 9 nitrogen and oxygen atoms in total. The van der Waals surface area contributed by atoms with Crippen LogP contribution in [0.4, 0.5) is 10.1 Å². The Hall–Kier alpha value is -4.83. The number of rotatable bonds is 5. The molecule has 0 aliphatic heterocycles. The van der Waals surface area contributed by atoms with Crippen molar-refractivity contribution >= 4 is 23.1 Å². The minimum Gasteiger partial charge on any atom is -0.386 e. The lowest BCUT2D eigenvalue weighted by molar-refractivity contribution is 0.0858. The van der Waals surface area contributed by atoms with Gasteiger partial charge in [0.25, 0.3) is 11.8 Å². The number of carbonyl (C=O) groups is 2. The van der Waals surface area contributed by atoms with Crippen LogP contribution in [0.2, 0.25) is 0 Å². The molecule has 0 saturated carbocycles. The number of anilines is 1. The molecule has 3 heterocycles. The highest BCUT2D eigenvalue weighted by atomic mass is 19.1. The molecular formula is C28H23FN6O3. The molecule has 0 radical (unpaired) electrons. The van der Waals surface area contributed by atoms with Crippen molar-refractivity contribution in [1.29, 1.82) is 0 Å². The summed E-state index contributed by atoms with van der Waals surface area (Å²) in [5.41, 5.74) is 4.30. The molecule has 0 fully saturated rings. The highest BCUT2D eigenvalue weighted by Gasteiger charge is 2.32. The van der Waals surface area contributed by atoms with Crippen LogP contribution in [-0.2, 0) is 13.5 Å². The normalized spacial score (nSPS) is 16.4. The highest BCUT2D eigenvalue weighted by Crippen LogP contribution is 2.31. The molecule has 2 atom stereocenters. The Balaban J connectivity index is 1.20. The number of fused-ring (bicyclic) bond motifs is 2. The number of benzene rings is 2. The second-order valence-electron chi connectivity index (χ2n) is 9.20. The number of aromatic nitrogens is 4. The summed E-state index contributed by atoms with van der Waals surface area (Å²) in [4.78, 5) is 30.3. The second-order valence-corrected chi connectivity index (χ2v) is 9.20. The predicted molar refractivity (Wildman–Crippen MR) is 138 cm³/mol. The van der Waals surface area contributed by atoms with E-state index >= 15 is 0 Å². The number of aliphatic hydroxyl groups is 1. The fraction of sp³-hybridized carbons (Fsp3) is 0.143. The zero-order valence-corrected chi connectivity index (χ0v) is 20.3. The monoisotopic (exact) mass is 510 g/mol. The van der Waals surface area contributed by atoms with Gasteiger partial charge in [0.05, 0.1) is 29.7 Å². The Morgan fingerprint density at radius 2 is 1.92 bits per heavy atom. The van der Waals surface area contributed by atoms with Gasteiger partial charge in [-0.3, -0.25) is 18.7 Å². The maximum absolute atomic E-state index is 14.6. The molecule has 3 N–H and O–H groups in total. The van der Waals surface area contributed by atoms with Crippen LogP contribution in [0.15, 0.2) is 79.3 Å². The van der Waals surface area contributed by atoms with Crippen LogP contribution in [0, 0.1) is 5.82 Å². The number of nitrogens with zero attached hydrogens (tertiary/aromatic N) is 4. The first-order valence-electron chi connectivity index (χ1n) is 12.0. The molecule has 2 amide bonds. The van der Waals surface area contributed by atoms with Crippen LogP contribution in [0.25, 0.3) is 16.9 Å². The molecule has 6 rings (SSSR count). The molecule has 38 heavy (non-hydrogen) atoms. The first kappa shape index (κ1) is 23.6. The summed E-state index contributed by atoms with van der Waals surface area (Å²) in [7, 11) is 1.84. The SMILES string of the molecule is Cn1nccc1-c1ccn2c(C(=O)Nc3cc(C(=O)N[C@@H]4Cc5ccccc5[C@H]4O)ccc3F)cnc2c1. The molecule has 10 heteroatoms. The van der Waals surface area contributed by atoms with Gasteiger partial charge in [-0.2, -0.15) is 5.10 Å². The molecule has 0 spiro atoms. The van der Waals surface area contributed by atoms with E-state index in [1.807, 2.05) is 49.5 Å². The van der Waals surface area contributed by atoms with Crippen LogP contribution in [0.1, 0.15) is 38.1 Å². The topological polar surface area (TPSA) is 114 Å². The van der Waals surface area contributed by atoms with Crippen molar-refractivity contribution in [2.45, 2.75) is 18.6 Å². The van der Waals surface area contributed by atoms with E-state index in [9.17, 15) is 19.1 Å². The summed E-state index contributed by atoms with van der Waals surface area (Å²) in [5, 5.41) is 20.1. The molecule has 190 valence electrons. The van der Waals surface area contributed by atoms with Gasteiger partial charge in [-0.25, -0.2) is 9.37 Å². The fourth-order valence-corrected chi connectivity index (χ4v) is 4.87. The van der Waals surface area contributed by atoms with E-state index in [2.05, 4.69) is 20.7 Å². The molecule has 1 aliphatic carbocycles. The lowest BCUT2D eigenvalue weighted by atomic mass is 10.1. The van der Waals surface area contributed by atoms with E-state index in [1.165, 1.54) is 18.3 Å². The van der Waals surface area contributed by atoms with Crippen LogP contribution in [0.3, 0.4) is 0 Å². The molecular weight excluding hydrogens is 487 g/mol. The van der Waals surface area contributed by atoms with Gasteiger partial charge >= 0.3 is 0 Å². The van der Waals surface area contributed by atoms with Crippen molar-refractivity contribution < 1.29 is 19.1 Å². The first-order valence-corrected chi connectivity index (χ1v) is 12.0. The summed E-state index contributed by atoms with van der Waals surface area (Å²) >= 11 is 0. The van der Waals surface area contributed by atoms with Gasteiger partial charge in [0.2, 0.25) is 0 Å². The van der Waals surface area contributed by atoms with Crippen LogP contribution in [-0.4, -0.2) is 42.1 Å². The van der Waals surface area contributed by atoms with Gasteiger partial charge in [0.15, 0.2) is 0 Å². The van der Waals surface area contributed by atoms with Crippen molar-refractivity contribution in [3.63, 3.8) is 0 Å². The summed E-state index contributed by atoms with van der Waals surface area (Å²) in [6.07, 6.45) is 4.48. The average Bonchev–Trinajstić information content (AvgIpc) is 3.62. The molecule has 3 aromatic heterocycles. The average molecular weight is 511 g/mol. The van der Waals surface area contributed by atoms with Gasteiger partial charge < -0.3 is 15.7 Å². The largest absolute Gasteiger partial charge is 0.386 e. The zero-order valence-electron chi connectivity index (χ0n) is 20.3. The number of nitrogens with one attached hydrogen (secondary N) is 2. The molecule has 2 aromatic carbocycles. The van der Waals surface area contributed by atoms with Gasteiger partial charge in [0.1, 0.15) is 17.2 Å². The number of hydrogen-bond acceptors (Lipinski definition) is 5. The van der Waals surface area contributed by atoms with E-state index in [0.29, 0.717) is 12.1 Å². The molecule has 1 aliphatic rings. The molecule has 0 saturated heterocycles. The predicted octanol–water partition coefficient (Wildman–Crippen LogP) is 3.51. The van der Waals surface area contributed by atoms with Crippen LogP contribution < -0.4 is 10.6 Å². The Labute approximate surface area is 216 Å². The fourth-order valence-electron chi connectivity index (χ4n) is 4.87. The third-order valence-corrected chi connectivity index (χ3v) is 6.85. The number of aryl methyl sites for hydroxylation is 1. The Morgan fingerprint density at radius 3 is 2.71 bits per heavy atom. The number of halogens is 1. The number of aliphatic hydroxyl groups excluding tert-OH is 1. The van der Waals surface area contributed by atoms with E-state index in [0.717, 1.165) is 28.5 Å². The Kier molecular flexibility index (Phi) is 5.73. The first-order chi connectivity index (χ1) is 18.4. The van der Waals surface area contributed by atoms with Gasteiger partial charge in [-0.15, -0.1) is 0 Å². The summed E-state index contributed by atoms with van der Waals surface area (Å²) < 4.78 is 18.0. The summed E-state index contributed by atoms with van der Waals surface area (Å²) in [6, 6.07) is 16.2. The minimum atomic E-state index is -0.830. The number of pyridine rings is 1. The van der Waals surface area contributed by atoms with Crippen LogP contribution in [0.5, 0.6) is 0 Å². The maximum atomic E-state index is 14.6. The maximum Gasteiger partial charge on any atom is 0.274 e. The number of hydrogen-bond donors (Lipinski definition) is 3. The summed E-state index contributed by atoms with van der Waals surface area (Å²) in [6.45, 7) is 0. The summed E-state index contributed by atoms with van der Waals surface area (Å²) in [5.74, 6) is -1.74.